The summed E-state index contributed by atoms with van der Waals surface area (Å²) < 4.78 is 6.48. The topological polar surface area (TPSA) is 38.3 Å². The van der Waals surface area contributed by atoms with E-state index in [1.54, 1.807) is 6.92 Å². The predicted octanol–water partition coefficient (Wildman–Crippen LogP) is 3.49. The zero-order valence-corrected chi connectivity index (χ0v) is 12.5. The van der Waals surface area contributed by atoms with Crippen molar-refractivity contribution in [3.8, 4) is 0 Å². The molecule has 0 fully saturated rings. The number of anilines is 1. The molecule has 1 unspecified atom stereocenters. The summed E-state index contributed by atoms with van der Waals surface area (Å²) in [6, 6.07) is 3.58. The number of ether oxygens (including phenoxy) is 1. The van der Waals surface area contributed by atoms with Crippen molar-refractivity contribution in [3.05, 3.63) is 26.6 Å². The number of benzene rings is 1. The molecule has 1 atom stereocenters. The Balaban J connectivity index is 2.93. The van der Waals surface area contributed by atoms with Crippen molar-refractivity contribution in [2.75, 3.05) is 12.4 Å². The van der Waals surface area contributed by atoms with E-state index in [-0.39, 0.29) is 12.0 Å². The standard InChI is InChI=1S/C11H13Br2NO2/c1-6-4-8(12)10(9(13)5-6)14-7(2)11(15)16-3/h4-5,7,14H,1-3H3. The van der Waals surface area contributed by atoms with Crippen LogP contribution in [0, 0.1) is 6.92 Å². The van der Waals surface area contributed by atoms with Gasteiger partial charge in [-0.05, 0) is 63.4 Å². The molecule has 0 heterocycles. The van der Waals surface area contributed by atoms with Gasteiger partial charge in [-0.1, -0.05) is 0 Å². The van der Waals surface area contributed by atoms with E-state index < -0.39 is 0 Å². The van der Waals surface area contributed by atoms with Gasteiger partial charge in [0.2, 0.25) is 0 Å². The Morgan fingerprint density at radius 3 is 2.31 bits per heavy atom. The largest absolute Gasteiger partial charge is 0.467 e. The molecule has 0 bridgehead atoms. The van der Waals surface area contributed by atoms with Gasteiger partial charge in [0.1, 0.15) is 6.04 Å². The lowest BCUT2D eigenvalue weighted by Gasteiger charge is -2.16. The van der Waals surface area contributed by atoms with Crippen LogP contribution in [0.25, 0.3) is 0 Å². The van der Waals surface area contributed by atoms with E-state index in [0.29, 0.717) is 0 Å². The van der Waals surface area contributed by atoms with Crippen molar-refractivity contribution < 1.29 is 9.53 Å². The Hall–Kier alpha value is -0.550. The zero-order chi connectivity index (χ0) is 12.3. The minimum absolute atomic E-state index is 0.292. The van der Waals surface area contributed by atoms with E-state index in [1.165, 1.54) is 7.11 Å². The summed E-state index contributed by atoms with van der Waals surface area (Å²) in [4.78, 5) is 11.3. The fraction of sp³-hybridized carbons (Fsp3) is 0.364. The molecule has 88 valence electrons. The first-order chi connectivity index (χ1) is 7.45. The van der Waals surface area contributed by atoms with Gasteiger partial charge in [-0.15, -0.1) is 0 Å². The molecule has 16 heavy (non-hydrogen) atoms. The third-order valence-electron chi connectivity index (χ3n) is 2.10. The molecule has 0 amide bonds. The Morgan fingerprint density at radius 2 is 1.88 bits per heavy atom. The van der Waals surface area contributed by atoms with Gasteiger partial charge in [-0.25, -0.2) is 4.79 Å². The van der Waals surface area contributed by atoms with Gasteiger partial charge in [-0.2, -0.15) is 0 Å². The van der Waals surface area contributed by atoms with Crippen LogP contribution in [0.1, 0.15) is 12.5 Å². The van der Waals surface area contributed by atoms with Gasteiger partial charge in [0.25, 0.3) is 0 Å². The first kappa shape index (κ1) is 13.5. The molecule has 0 radical (unpaired) electrons. The second-order valence-electron chi connectivity index (χ2n) is 3.49. The van der Waals surface area contributed by atoms with Crippen LogP contribution >= 0.6 is 31.9 Å². The van der Waals surface area contributed by atoms with Crippen LogP contribution in [-0.2, 0) is 9.53 Å². The number of hydrogen-bond donors (Lipinski definition) is 1. The highest BCUT2D eigenvalue weighted by Crippen LogP contribution is 2.32. The Bertz CT molecular complexity index is 384. The molecule has 0 saturated heterocycles. The number of carbonyl (C=O) groups excluding carboxylic acids is 1. The normalized spacial score (nSPS) is 12.1. The van der Waals surface area contributed by atoms with E-state index in [2.05, 4.69) is 41.9 Å². The molecule has 1 N–H and O–H groups in total. The minimum atomic E-state index is -0.389. The Kier molecular flexibility index (Phi) is 4.80. The van der Waals surface area contributed by atoms with Gasteiger partial charge in [0, 0.05) is 8.95 Å². The summed E-state index contributed by atoms with van der Waals surface area (Å²) in [6.45, 7) is 3.76. The maximum Gasteiger partial charge on any atom is 0.327 e. The molecule has 0 aliphatic heterocycles. The number of methoxy groups -OCH3 is 1. The van der Waals surface area contributed by atoms with Crippen LogP contribution in [0.5, 0.6) is 0 Å². The molecular weight excluding hydrogens is 338 g/mol. The monoisotopic (exact) mass is 349 g/mol. The van der Waals surface area contributed by atoms with Crippen LogP contribution in [-0.4, -0.2) is 19.1 Å². The Labute approximate surface area is 112 Å². The number of hydrogen-bond acceptors (Lipinski definition) is 3. The summed E-state index contributed by atoms with van der Waals surface area (Å²) in [6.07, 6.45) is 0. The predicted molar refractivity (Wildman–Crippen MR) is 71.7 cm³/mol. The first-order valence-corrected chi connectivity index (χ1v) is 6.34. The van der Waals surface area contributed by atoms with Crippen LogP contribution in [0.2, 0.25) is 0 Å². The fourth-order valence-corrected chi connectivity index (χ4v) is 2.93. The first-order valence-electron chi connectivity index (χ1n) is 4.75. The highest BCUT2D eigenvalue weighted by Gasteiger charge is 2.15. The minimum Gasteiger partial charge on any atom is -0.467 e. The lowest BCUT2D eigenvalue weighted by atomic mass is 10.2. The third-order valence-corrected chi connectivity index (χ3v) is 3.35. The van der Waals surface area contributed by atoms with Crippen LogP contribution in [0.3, 0.4) is 0 Å². The number of halogens is 2. The van der Waals surface area contributed by atoms with Crippen molar-refractivity contribution in [2.24, 2.45) is 0 Å². The average molecular weight is 351 g/mol. The van der Waals surface area contributed by atoms with E-state index >= 15 is 0 Å². The molecule has 1 aromatic rings. The fourth-order valence-electron chi connectivity index (χ4n) is 1.29. The molecule has 1 aromatic carbocycles. The maximum atomic E-state index is 11.3. The quantitative estimate of drug-likeness (QED) is 0.848. The molecule has 0 aliphatic rings. The van der Waals surface area contributed by atoms with Gasteiger partial charge in [-0.3, -0.25) is 0 Å². The molecule has 5 heteroatoms. The molecular formula is C11H13Br2NO2. The lowest BCUT2D eigenvalue weighted by molar-refractivity contribution is -0.141. The van der Waals surface area contributed by atoms with Crippen molar-refractivity contribution in [1.29, 1.82) is 0 Å². The lowest BCUT2D eigenvalue weighted by Crippen LogP contribution is -2.27. The van der Waals surface area contributed by atoms with Crippen molar-refractivity contribution in [1.82, 2.24) is 0 Å². The highest BCUT2D eigenvalue weighted by atomic mass is 79.9. The molecule has 1 rings (SSSR count). The molecule has 0 saturated carbocycles. The number of rotatable bonds is 3. The second-order valence-corrected chi connectivity index (χ2v) is 5.20. The summed E-state index contributed by atoms with van der Waals surface area (Å²) in [5, 5.41) is 3.09. The number of aryl methyl sites for hydroxylation is 1. The van der Waals surface area contributed by atoms with Crippen LogP contribution < -0.4 is 5.32 Å². The molecule has 0 spiro atoms. The van der Waals surface area contributed by atoms with Crippen molar-refractivity contribution in [3.63, 3.8) is 0 Å². The van der Waals surface area contributed by atoms with Gasteiger partial charge in [0.05, 0.1) is 12.8 Å². The summed E-state index contributed by atoms with van der Waals surface area (Å²) in [5.74, 6) is -0.292. The SMILES string of the molecule is COC(=O)C(C)Nc1c(Br)cc(C)cc1Br. The van der Waals surface area contributed by atoms with Gasteiger partial charge in [0.15, 0.2) is 0 Å². The van der Waals surface area contributed by atoms with Crippen molar-refractivity contribution >= 4 is 43.5 Å². The third kappa shape index (κ3) is 3.22. The average Bonchev–Trinajstić information content (AvgIpc) is 2.21. The number of nitrogens with one attached hydrogen (secondary N) is 1. The highest BCUT2D eigenvalue weighted by molar-refractivity contribution is 9.11. The van der Waals surface area contributed by atoms with Gasteiger partial charge >= 0.3 is 5.97 Å². The smallest absolute Gasteiger partial charge is 0.327 e. The van der Waals surface area contributed by atoms with Gasteiger partial charge < -0.3 is 10.1 Å². The number of esters is 1. The summed E-state index contributed by atoms with van der Waals surface area (Å²) >= 11 is 6.91. The molecule has 0 aliphatic carbocycles. The van der Waals surface area contributed by atoms with E-state index in [0.717, 1.165) is 20.2 Å². The van der Waals surface area contributed by atoms with Crippen LogP contribution in [0.4, 0.5) is 5.69 Å². The van der Waals surface area contributed by atoms with E-state index in [9.17, 15) is 4.79 Å². The van der Waals surface area contributed by atoms with Crippen LogP contribution in [0.15, 0.2) is 21.1 Å². The van der Waals surface area contributed by atoms with Crippen molar-refractivity contribution in [2.45, 2.75) is 19.9 Å². The summed E-state index contributed by atoms with van der Waals surface area (Å²) in [5.41, 5.74) is 1.98. The van der Waals surface area contributed by atoms with E-state index in [4.69, 9.17) is 0 Å². The van der Waals surface area contributed by atoms with E-state index in [1.807, 2.05) is 19.1 Å². The maximum absolute atomic E-state index is 11.3. The summed E-state index contributed by atoms with van der Waals surface area (Å²) in [7, 11) is 1.37. The number of carbonyl (C=O) groups is 1. The zero-order valence-electron chi connectivity index (χ0n) is 9.30. The molecule has 0 aromatic heterocycles. The second kappa shape index (κ2) is 5.68. The Morgan fingerprint density at radius 1 is 1.38 bits per heavy atom. The molecule has 3 nitrogen and oxygen atoms in total.